The van der Waals surface area contributed by atoms with Gasteiger partial charge in [0.2, 0.25) is 5.95 Å². The van der Waals surface area contributed by atoms with Gasteiger partial charge in [-0.3, -0.25) is 4.79 Å². The maximum absolute atomic E-state index is 11.9. The highest BCUT2D eigenvalue weighted by molar-refractivity contribution is 9.10. The number of rotatable bonds is 4. The molecule has 0 aliphatic heterocycles. The van der Waals surface area contributed by atoms with Crippen molar-refractivity contribution in [3.8, 4) is 6.07 Å². The van der Waals surface area contributed by atoms with E-state index in [1.165, 1.54) is 6.20 Å². The first-order chi connectivity index (χ1) is 9.69. The highest BCUT2D eigenvalue weighted by Gasteiger charge is 2.19. The topological polar surface area (TPSA) is 90.7 Å². The standard InChI is InChI=1S/C13H14BrN5O/c14-10-7-17-13(18-8-10)16-6-9(5-15)12(20)19-11-3-1-2-4-11/h6-8,11H,1-4H2,(H,19,20)(H,16,17,18)/b9-6-. The van der Waals surface area contributed by atoms with Gasteiger partial charge in [-0.2, -0.15) is 5.26 Å². The lowest BCUT2D eigenvalue weighted by atomic mass is 10.2. The number of nitrogens with one attached hydrogen (secondary N) is 2. The lowest BCUT2D eigenvalue weighted by Crippen LogP contribution is -2.33. The van der Waals surface area contributed by atoms with E-state index in [0.717, 1.165) is 30.2 Å². The second kappa shape index (κ2) is 7.01. The van der Waals surface area contributed by atoms with Crippen molar-refractivity contribution in [3.63, 3.8) is 0 Å². The maximum atomic E-state index is 11.9. The quantitative estimate of drug-likeness (QED) is 0.649. The first-order valence-electron chi connectivity index (χ1n) is 6.34. The van der Waals surface area contributed by atoms with Gasteiger partial charge in [-0.1, -0.05) is 12.8 Å². The molecule has 1 fully saturated rings. The van der Waals surface area contributed by atoms with E-state index in [2.05, 4.69) is 36.5 Å². The van der Waals surface area contributed by atoms with Gasteiger partial charge < -0.3 is 10.6 Å². The summed E-state index contributed by atoms with van der Waals surface area (Å²) in [7, 11) is 0. The van der Waals surface area contributed by atoms with E-state index in [0.29, 0.717) is 5.95 Å². The summed E-state index contributed by atoms with van der Waals surface area (Å²) < 4.78 is 0.756. The van der Waals surface area contributed by atoms with Crippen molar-refractivity contribution < 1.29 is 4.79 Å². The number of hydrogen-bond acceptors (Lipinski definition) is 5. The molecule has 1 heterocycles. The fourth-order valence-corrected chi connectivity index (χ4v) is 2.21. The molecule has 0 bridgehead atoms. The molecule has 1 amide bonds. The van der Waals surface area contributed by atoms with Gasteiger partial charge in [-0.15, -0.1) is 0 Å². The molecule has 2 N–H and O–H groups in total. The fourth-order valence-electron chi connectivity index (χ4n) is 2.01. The normalized spacial score (nSPS) is 15.7. The number of halogens is 1. The Kier molecular flexibility index (Phi) is 5.07. The van der Waals surface area contributed by atoms with Crippen LogP contribution in [-0.2, 0) is 4.79 Å². The average molecular weight is 336 g/mol. The number of hydrogen-bond donors (Lipinski definition) is 2. The summed E-state index contributed by atoms with van der Waals surface area (Å²) in [6, 6.07) is 2.06. The van der Waals surface area contributed by atoms with Crippen LogP contribution in [-0.4, -0.2) is 21.9 Å². The number of carbonyl (C=O) groups excluding carboxylic acids is 1. The van der Waals surface area contributed by atoms with Crippen LogP contribution in [0.2, 0.25) is 0 Å². The minimum absolute atomic E-state index is 0.0171. The monoisotopic (exact) mass is 335 g/mol. The minimum atomic E-state index is -0.357. The van der Waals surface area contributed by atoms with Gasteiger partial charge in [-0.25, -0.2) is 9.97 Å². The Morgan fingerprint density at radius 3 is 2.65 bits per heavy atom. The van der Waals surface area contributed by atoms with Crippen LogP contribution in [0, 0.1) is 11.3 Å². The second-order valence-corrected chi connectivity index (χ2v) is 5.41. The molecule has 20 heavy (non-hydrogen) atoms. The van der Waals surface area contributed by atoms with Gasteiger partial charge in [0.25, 0.3) is 5.91 Å². The van der Waals surface area contributed by atoms with Gasteiger partial charge in [-0.05, 0) is 28.8 Å². The van der Waals surface area contributed by atoms with Crippen molar-refractivity contribution in [1.82, 2.24) is 15.3 Å². The third-order valence-electron chi connectivity index (χ3n) is 3.02. The van der Waals surface area contributed by atoms with Gasteiger partial charge in [0.15, 0.2) is 0 Å². The maximum Gasteiger partial charge on any atom is 0.263 e. The molecule has 0 saturated heterocycles. The largest absolute Gasteiger partial charge is 0.349 e. The molecule has 1 aromatic rings. The molecule has 0 radical (unpaired) electrons. The average Bonchev–Trinajstić information content (AvgIpc) is 2.94. The predicted octanol–water partition coefficient (Wildman–Crippen LogP) is 2.12. The molecule has 0 atom stereocenters. The molecule has 104 valence electrons. The van der Waals surface area contributed by atoms with E-state index in [9.17, 15) is 4.79 Å². The molecule has 1 aromatic heterocycles. The number of nitrogens with zero attached hydrogens (tertiary/aromatic N) is 3. The van der Waals surface area contributed by atoms with Crippen LogP contribution < -0.4 is 10.6 Å². The van der Waals surface area contributed by atoms with E-state index in [1.54, 1.807) is 12.4 Å². The zero-order chi connectivity index (χ0) is 14.4. The Labute approximate surface area is 125 Å². The molecule has 1 aliphatic carbocycles. The molecular weight excluding hydrogens is 322 g/mol. The van der Waals surface area contributed by atoms with Crippen molar-refractivity contribution in [1.29, 1.82) is 5.26 Å². The molecule has 0 spiro atoms. The SMILES string of the molecule is N#C/C(=C/Nc1ncc(Br)cn1)C(=O)NC1CCCC1. The first-order valence-corrected chi connectivity index (χ1v) is 7.13. The van der Waals surface area contributed by atoms with Gasteiger partial charge >= 0.3 is 0 Å². The van der Waals surface area contributed by atoms with Gasteiger partial charge in [0.05, 0.1) is 4.47 Å². The molecule has 2 rings (SSSR count). The number of anilines is 1. The van der Waals surface area contributed by atoms with Crippen molar-refractivity contribution in [2.45, 2.75) is 31.7 Å². The summed E-state index contributed by atoms with van der Waals surface area (Å²) in [5.74, 6) is -0.0290. The number of nitriles is 1. The molecule has 7 heteroatoms. The van der Waals surface area contributed by atoms with E-state index >= 15 is 0 Å². The third-order valence-corrected chi connectivity index (χ3v) is 3.43. The van der Waals surface area contributed by atoms with E-state index in [4.69, 9.17) is 5.26 Å². The van der Waals surface area contributed by atoms with E-state index in [-0.39, 0.29) is 17.5 Å². The Hall–Kier alpha value is -1.94. The second-order valence-electron chi connectivity index (χ2n) is 4.49. The molecule has 0 aromatic carbocycles. The smallest absolute Gasteiger partial charge is 0.263 e. The van der Waals surface area contributed by atoms with Crippen LogP contribution in [0.1, 0.15) is 25.7 Å². The summed E-state index contributed by atoms with van der Waals surface area (Å²) in [6.45, 7) is 0. The van der Waals surface area contributed by atoms with Crippen molar-refractivity contribution in [3.05, 3.63) is 28.6 Å². The number of carbonyl (C=O) groups is 1. The Morgan fingerprint density at radius 2 is 2.05 bits per heavy atom. The van der Waals surface area contributed by atoms with Crippen molar-refractivity contribution >= 4 is 27.8 Å². The lowest BCUT2D eigenvalue weighted by Gasteiger charge is -2.10. The molecule has 1 saturated carbocycles. The zero-order valence-electron chi connectivity index (χ0n) is 10.8. The molecule has 1 aliphatic rings. The summed E-state index contributed by atoms with van der Waals surface area (Å²) in [6.07, 6.45) is 8.69. The fraction of sp³-hybridized carbons (Fsp3) is 0.385. The molecular formula is C13H14BrN5O. The van der Waals surface area contributed by atoms with E-state index in [1.807, 2.05) is 6.07 Å². The summed E-state index contributed by atoms with van der Waals surface area (Å²) in [5.41, 5.74) is 0.0171. The Balaban J connectivity index is 1.96. The minimum Gasteiger partial charge on any atom is -0.349 e. The van der Waals surface area contributed by atoms with Crippen LogP contribution in [0.5, 0.6) is 0 Å². The van der Waals surface area contributed by atoms with Crippen LogP contribution in [0.15, 0.2) is 28.6 Å². The van der Waals surface area contributed by atoms with Crippen molar-refractivity contribution in [2.75, 3.05) is 5.32 Å². The van der Waals surface area contributed by atoms with Crippen LogP contribution in [0.4, 0.5) is 5.95 Å². The van der Waals surface area contributed by atoms with Crippen molar-refractivity contribution in [2.24, 2.45) is 0 Å². The van der Waals surface area contributed by atoms with E-state index < -0.39 is 0 Å². The lowest BCUT2D eigenvalue weighted by molar-refractivity contribution is -0.117. The highest BCUT2D eigenvalue weighted by atomic mass is 79.9. The number of aromatic nitrogens is 2. The summed E-state index contributed by atoms with van der Waals surface area (Å²) >= 11 is 3.23. The first kappa shape index (κ1) is 14.5. The highest BCUT2D eigenvalue weighted by Crippen LogP contribution is 2.18. The molecule has 0 unspecified atom stereocenters. The summed E-state index contributed by atoms with van der Waals surface area (Å²) in [4.78, 5) is 19.9. The zero-order valence-corrected chi connectivity index (χ0v) is 12.4. The van der Waals surface area contributed by atoms with Crippen LogP contribution in [0.25, 0.3) is 0 Å². The van der Waals surface area contributed by atoms with Crippen LogP contribution >= 0.6 is 15.9 Å². The summed E-state index contributed by atoms with van der Waals surface area (Å²) in [5, 5.41) is 14.6. The predicted molar refractivity (Wildman–Crippen MR) is 77.4 cm³/mol. The Bertz CT molecular complexity index is 543. The Morgan fingerprint density at radius 1 is 1.40 bits per heavy atom. The van der Waals surface area contributed by atoms with Gasteiger partial charge in [0, 0.05) is 24.6 Å². The van der Waals surface area contributed by atoms with Gasteiger partial charge in [0.1, 0.15) is 11.6 Å². The molecule has 6 nitrogen and oxygen atoms in total. The third kappa shape index (κ3) is 4.03. The number of amides is 1. The van der Waals surface area contributed by atoms with Crippen LogP contribution in [0.3, 0.4) is 0 Å².